The maximum Gasteiger partial charge on any atom is 0.490 e. The number of hydrogen-bond donors (Lipinski definition) is 5. The van der Waals surface area contributed by atoms with Crippen molar-refractivity contribution in [3.63, 3.8) is 0 Å². The number of nitrogens with zero attached hydrogens (tertiary/aromatic N) is 4. The zero-order valence-corrected chi connectivity index (χ0v) is 27.5. The van der Waals surface area contributed by atoms with Gasteiger partial charge in [-0.05, 0) is 35.9 Å². The highest BCUT2D eigenvalue weighted by Gasteiger charge is 2.50. The second kappa shape index (κ2) is 19.0. The lowest BCUT2D eigenvalue weighted by atomic mass is 9.86. The van der Waals surface area contributed by atoms with Crippen molar-refractivity contribution < 1.29 is 78.8 Å². The summed E-state index contributed by atoms with van der Waals surface area (Å²) in [5.74, 6) is -8.30. The number of carbonyl (C=O) groups is 5. The van der Waals surface area contributed by atoms with Crippen LogP contribution in [0.25, 0.3) is 10.8 Å². The number of aliphatic carboxylic acids is 3. The van der Waals surface area contributed by atoms with Crippen LogP contribution in [0.2, 0.25) is 0 Å². The standard InChI is InChI=1S/C25H28N6O2.3C2HF3O2/c32-23(22-21-6-2-1-5-20(21)7-11-27-22)28-12-15-30-13-8-25(9-14-30)24(33)29-18-31(25)17-19-4-3-10-26-16-19;3*3-2(4,5)1(6)7/h1-7,10-11,16H,8-9,12-15,17-18H2,(H,28,32)(H,29,33);3*(H,6,7). The Balaban J connectivity index is 0.000000393. The second-order valence-corrected chi connectivity index (χ2v) is 11.1. The zero-order valence-electron chi connectivity index (χ0n) is 27.5. The van der Waals surface area contributed by atoms with Crippen LogP contribution in [-0.4, -0.2) is 122 Å². The van der Waals surface area contributed by atoms with Crippen LogP contribution >= 0.6 is 0 Å². The van der Waals surface area contributed by atoms with Crippen LogP contribution in [0.5, 0.6) is 0 Å². The number of nitrogens with one attached hydrogen (secondary N) is 2. The molecule has 2 fully saturated rings. The van der Waals surface area contributed by atoms with Crippen LogP contribution in [0.4, 0.5) is 39.5 Å². The molecule has 3 aromatic rings. The highest BCUT2D eigenvalue weighted by atomic mass is 19.4. The van der Waals surface area contributed by atoms with E-state index in [2.05, 4.69) is 30.4 Å². The number of amides is 2. The van der Waals surface area contributed by atoms with Gasteiger partial charge in [-0.25, -0.2) is 14.4 Å². The van der Waals surface area contributed by atoms with Crippen molar-refractivity contribution in [1.29, 1.82) is 0 Å². The Morgan fingerprint density at radius 3 is 1.83 bits per heavy atom. The molecule has 4 heterocycles. The number of carboxylic acids is 3. The van der Waals surface area contributed by atoms with Gasteiger partial charge in [0.25, 0.3) is 5.91 Å². The number of piperidine rings is 1. The third-order valence-electron chi connectivity index (χ3n) is 7.57. The van der Waals surface area contributed by atoms with Crippen LogP contribution < -0.4 is 10.6 Å². The first-order chi connectivity index (χ1) is 25.0. The highest BCUT2D eigenvalue weighted by molar-refractivity contribution is 6.05. The van der Waals surface area contributed by atoms with Gasteiger partial charge in [0.1, 0.15) is 11.2 Å². The Morgan fingerprint density at radius 2 is 1.33 bits per heavy atom. The van der Waals surface area contributed by atoms with E-state index in [4.69, 9.17) is 29.7 Å². The van der Waals surface area contributed by atoms with Gasteiger partial charge in [0.15, 0.2) is 0 Å². The van der Waals surface area contributed by atoms with E-state index in [-0.39, 0.29) is 11.8 Å². The maximum absolute atomic E-state index is 12.8. The molecule has 0 aliphatic carbocycles. The topological polar surface area (TPSA) is 202 Å². The minimum absolute atomic E-state index is 0.126. The fourth-order valence-electron chi connectivity index (χ4n) is 4.95. The van der Waals surface area contributed by atoms with Gasteiger partial charge >= 0.3 is 36.4 Å². The van der Waals surface area contributed by atoms with E-state index in [1.165, 1.54) is 0 Å². The monoisotopic (exact) mass is 786 g/mol. The number of carboxylic acid groups (broad SMARTS) is 3. The molecule has 0 bridgehead atoms. The molecule has 2 aliphatic heterocycles. The van der Waals surface area contributed by atoms with Gasteiger partial charge < -0.3 is 30.9 Å². The Hall–Kier alpha value is -5.58. The van der Waals surface area contributed by atoms with Gasteiger partial charge in [-0.15, -0.1) is 0 Å². The summed E-state index contributed by atoms with van der Waals surface area (Å²) in [7, 11) is 0. The van der Waals surface area contributed by atoms with E-state index < -0.39 is 42.0 Å². The van der Waals surface area contributed by atoms with E-state index in [0.29, 0.717) is 25.5 Å². The average molecular weight is 787 g/mol. The average Bonchev–Trinajstić information content (AvgIpc) is 3.38. The normalized spacial score (nSPS) is 15.7. The fraction of sp³-hybridized carbons (Fsp3) is 0.387. The number of halogens is 9. The smallest absolute Gasteiger partial charge is 0.475 e. The van der Waals surface area contributed by atoms with Crippen molar-refractivity contribution in [3.8, 4) is 0 Å². The van der Waals surface area contributed by atoms with Gasteiger partial charge in [0.2, 0.25) is 5.91 Å². The van der Waals surface area contributed by atoms with E-state index in [1.54, 1.807) is 12.4 Å². The molecule has 0 unspecified atom stereocenters. The minimum atomic E-state index is -5.08. The largest absolute Gasteiger partial charge is 0.490 e. The Bertz CT molecular complexity index is 1690. The Morgan fingerprint density at radius 1 is 0.796 bits per heavy atom. The van der Waals surface area contributed by atoms with Crippen LogP contribution in [0.3, 0.4) is 0 Å². The molecule has 0 saturated carbocycles. The summed E-state index contributed by atoms with van der Waals surface area (Å²) in [6.45, 7) is 4.21. The van der Waals surface area contributed by atoms with Crippen LogP contribution in [-0.2, 0) is 25.7 Å². The quantitative estimate of drug-likeness (QED) is 0.227. The summed E-state index contributed by atoms with van der Waals surface area (Å²) in [6.07, 6.45) is -8.40. The molecule has 2 saturated heterocycles. The third-order valence-corrected chi connectivity index (χ3v) is 7.57. The first kappa shape index (κ1) is 44.6. The number of alkyl halides is 9. The number of likely N-dealkylation sites (tertiary alicyclic amines) is 1. The molecule has 14 nitrogen and oxygen atoms in total. The molecule has 23 heteroatoms. The lowest BCUT2D eigenvalue weighted by Gasteiger charge is -2.42. The summed E-state index contributed by atoms with van der Waals surface area (Å²) in [6, 6.07) is 13.7. The summed E-state index contributed by atoms with van der Waals surface area (Å²) >= 11 is 0. The van der Waals surface area contributed by atoms with Crippen LogP contribution in [0.15, 0.2) is 61.1 Å². The number of benzene rings is 1. The molecule has 5 rings (SSSR count). The van der Waals surface area contributed by atoms with E-state index in [9.17, 15) is 49.1 Å². The highest BCUT2D eigenvalue weighted by Crippen LogP contribution is 2.33. The summed E-state index contributed by atoms with van der Waals surface area (Å²) in [5, 5.41) is 29.3. The van der Waals surface area contributed by atoms with Crippen molar-refractivity contribution >= 4 is 40.5 Å². The lowest BCUT2D eigenvalue weighted by molar-refractivity contribution is -0.193. The zero-order chi connectivity index (χ0) is 40.9. The predicted octanol–water partition coefficient (Wildman–Crippen LogP) is 3.68. The molecule has 2 amide bonds. The van der Waals surface area contributed by atoms with Gasteiger partial charge in [-0.1, -0.05) is 30.3 Å². The third kappa shape index (κ3) is 13.4. The molecule has 1 aromatic carbocycles. The molecular formula is C31H31F9N6O8. The SMILES string of the molecule is O=C(NCCN1CCC2(CC1)C(=O)NCN2Cc1cccnc1)c1nccc2ccccc12.O=C(O)C(F)(F)F.O=C(O)C(F)(F)F.O=C(O)C(F)(F)F. The molecular weight excluding hydrogens is 755 g/mol. The van der Waals surface area contributed by atoms with Crippen molar-refractivity contribution in [3.05, 3.63) is 72.3 Å². The Labute approximate surface area is 298 Å². The molecule has 5 N–H and O–H groups in total. The summed E-state index contributed by atoms with van der Waals surface area (Å²) in [5.41, 5.74) is 1.11. The van der Waals surface area contributed by atoms with E-state index in [0.717, 1.165) is 48.8 Å². The number of hydrogen-bond acceptors (Lipinski definition) is 9. The van der Waals surface area contributed by atoms with Crippen molar-refractivity contribution in [2.45, 2.75) is 43.5 Å². The number of carbonyl (C=O) groups excluding carboxylic acids is 2. The molecule has 1 spiro atoms. The van der Waals surface area contributed by atoms with Crippen LogP contribution in [0, 0.1) is 0 Å². The Kier molecular flexibility index (Phi) is 15.6. The lowest BCUT2D eigenvalue weighted by Crippen LogP contribution is -2.56. The molecule has 2 aliphatic rings. The fourth-order valence-corrected chi connectivity index (χ4v) is 4.95. The van der Waals surface area contributed by atoms with Crippen molar-refractivity contribution in [1.82, 2.24) is 30.4 Å². The first-order valence-corrected chi connectivity index (χ1v) is 15.2. The molecule has 0 radical (unpaired) electrons. The predicted molar refractivity (Wildman–Crippen MR) is 166 cm³/mol. The molecule has 2 aromatic heterocycles. The van der Waals surface area contributed by atoms with Gasteiger partial charge in [-0.2, -0.15) is 39.5 Å². The number of pyridine rings is 2. The molecule has 0 atom stereocenters. The minimum Gasteiger partial charge on any atom is -0.475 e. The van der Waals surface area contributed by atoms with Crippen molar-refractivity contribution in [2.75, 3.05) is 32.8 Å². The molecule has 296 valence electrons. The summed E-state index contributed by atoms with van der Waals surface area (Å²) < 4.78 is 95.2. The van der Waals surface area contributed by atoms with Gasteiger partial charge in [-0.3, -0.25) is 24.5 Å². The molecule has 54 heavy (non-hydrogen) atoms. The number of rotatable bonds is 6. The van der Waals surface area contributed by atoms with E-state index in [1.807, 2.05) is 48.7 Å². The summed E-state index contributed by atoms with van der Waals surface area (Å²) in [4.78, 5) is 65.2. The first-order valence-electron chi connectivity index (χ1n) is 15.2. The van der Waals surface area contributed by atoms with Gasteiger partial charge in [0, 0.05) is 56.7 Å². The van der Waals surface area contributed by atoms with Gasteiger partial charge in [0.05, 0.1) is 6.67 Å². The maximum atomic E-state index is 12.8. The van der Waals surface area contributed by atoms with Crippen LogP contribution in [0.1, 0.15) is 28.9 Å². The van der Waals surface area contributed by atoms with E-state index >= 15 is 0 Å². The number of fused-ring (bicyclic) bond motifs is 1. The van der Waals surface area contributed by atoms with Crippen molar-refractivity contribution in [2.24, 2.45) is 0 Å². The second-order valence-electron chi connectivity index (χ2n) is 11.1. The number of aromatic nitrogens is 2.